The molecule has 0 spiro atoms. The fraction of sp³-hybridized carbons (Fsp3) is 0.250. The van der Waals surface area contributed by atoms with Gasteiger partial charge in [-0.1, -0.05) is 18.3 Å². The molecule has 0 rings (SSSR count). The maximum Gasteiger partial charge on any atom is 0.0593 e. The maximum absolute atomic E-state index is 5.14. The number of hydrogen-bond acceptors (Lipinski definition) is 2. The van der Waals surface area contributed by atoms with Crippen molar-refractivity contribution in [3.8, 4) is 0 Å². The quantitative estimate of drug-likeness (QED) is 0.401. The Morgan fingerprint density at radius 3 is 2.50 bits per heavy atom. The second kappa shape index (κ2) is 3.00. The summed E-state index contributed by atoms with van der Waals surface area (Å²) >= 11 is 4.33. The van der Waals surface area contributed by atoms with E-state index < -0.39 is 0 Å². The van der Waals surface area contributed by atoms with E-state index in [0.29, 0.717) is 0 Å². The predicted octanol–water partition coefficient (Wildman–Crippen LogP) is 0.376. The minimum Gasteiger partial charge on any atom is -0.320 e. The third-order valence-corrected chi connectivity index (χ3v) is 0.662. The van der Waals surface area contributed by atoms with Crippen molar-refractivity contribution in [3.05, 3.63) is 12.7 Å². The zero-order valence-electron chi connectivity index (χ0n) is 3.35. The summed E-state index contributed by atoms with van der Waals surface area (Å²) in [6, 6.07) is -0.236. The molecule has 0 aliphatic rings. The molecule has 0 aliphatic heterocycles. The van der Waals surface area contributed by atoms with Crippen LogP contribution in [0.2, 0.25) is 0 Å². The lowest BCUT2D eigenvalue weighted by Gasteiger charge is -1.86. The lowest BCUT2D eigenvalue weighted by Crippen LogP contribution is -2.15. The molecule has 0 fully saturated rings. The minimum atomic E-state index is -0.236. The zero-order chi connectivity index (χ0) is 4.99. The topological polar surface area (TPSA) is 26.0 Å². The SMILES string of the molecule is C=CC(N)[C]=S. The number of nitrogens with two attached hydrogens (primary N) is 1. The van der Waals surface area contributed by atoms with Gasteiger partial charge in [0.05, 0.1) is 11.4 Å². The van der Waals surface area contributed by atoms with Crippen LogP contribution >= 0.6 is 12.2 Å². The molecule has 0 saturated heterocycles. The van der Waals surface area contributed by atoms with Crippen LogP contribution in [-0.2, 0) is 0 Å². The second-order valence-electron chi connectivity index (χ2n) is 0.879. The lowest BCUT2D eigenvalue weighted by atomic mass is 10.4. The predicted molar refractivity (Wildman–Crippen MR) is 30.8 cm³/mol. The van der Waals surface area contributed by atoms with Crippen LogP contribution < -0.4 is 5.73 Å². The van der Waals surface area contributed by atoms with Crippen LogP contribution in [0, 0.1) is 0 Å². The standard InChI is InChI=1S/C4H6NS/c1-2-4(5)3-6/h2,4H,1,5H2. The average molecular weight is 100 g/mol. The molecule has 0 aromatic carbocycles. The summed E-state index contributed by atoms with van der Waals surface area (Å²) in [5.74, 6) is 0. The number of thiocarbonyl (C=S) groups is 1. The van der Waals surface area contributed by atoms with Crippen molar-refractivity contribution >= 4 is 17.6 Å². The third kappa shape index (κ3) is 2.05. The van der Waals surface area contributed by atoms with Crippen LogP contribution in [-0.4, -0.2) is 11.4 Å². The van der Waals surface area contributed by atoms with E-state index in [2.05, 4.69) is 24.2 Å². The molecule has 0 aromatic heterocycles. The van der Waals surface area contributed by atoms with Crippen molar-refractivity contribution in [1.29, 1.82) is 0 Å². The van der Waals surface area contributed by atoms with Gasteiger partial charge in [0.15, 0.2) is 0 Å². The van der Waals surface area contributed by atoms with E-state index in [0.717, 1.165) is 0 Å². The maximum atomic E-state index is 5.14. The van der Waals surface area contributed by atoms with Crippen molar-refractivity contribution in [2.75, 3.05) is 0 Å². The van der Waals surface area contributed by atoms with E-state index in [9.17, 15) is 0 Å². The van der Waals surface area contributed by atoms with Gasteiger partial charge in [-0.15, -0.1) is 6.58 Å². The van der Waals surface area contributed by atoms with E-state index >= 15 is 0 Å². The van der Waals surface area contributed by atoms with Crippen LogP contribution in [0.5, 0.6) is 0 Å². The fourth-order valence-electron chi connectivity index (χ4n) is 0.0481. The van der Waals surface area contributed by atoms with Crippen molar-refractivity contribution in [3.63, 3.8) is 0 Å². The Labute approximate surface area is 42.8 Å². The van der Waals surface area contributed by atoms with Crippen molar-refractivity contribution in [2.45, 2.75) is 6.04 Å². The number of hydrogen-bond donors (Lipinski definition) is 1. The van der Waals surface area contributed by atoms with E-state index in [1.165, 1.54) is 6.08 Å². The molecule has 33 valence electrons. The molecular weight excluding hydrogens is 94.1 g/mol. The van der Waals surface area contributed by atoms with E-state index in [-0.39, 0.29) is 6.04 Å². The lowest BCUT2D eigenvalue weighted by molar-refractivity contribution is 1.13. The Balaban J connectivity index is 3.21. The highest BCUT2D eigenvalue weighted by Crippen LogP contribution is 1.68. The second-order valence-corrected chi connectivity index (χ2v) is 1.12. The summed E-state index contributed by atoms with van der Waals surface area (Å²) < 4.78 is 0. The molecule has 1 atom stereocenters. The van der Waals surface area contributed by atoms with Gasteiger partial charge in [0, 0.05) is 0 Å². The zero-order valence-corrected chi connectivity index (χ0v) is 4.16. The molecule has 6 heavy (non-hydrogen) atoms. The monoisotopic (exact) mass is 100 g/mol. The van der Waals surface area contributed by atoms with E-state index in [1.54, 1.807) is 0 Å². The molecule has 1 unspecified atom stereocenters. The normalized spacial score (nSPS) is 12.8. The molecule has 2 heteroatoms. The van der Waals surface area contributed by atoms with Crippen molar-refractivity contribution < 1.29 is 0 Å². The Morgan fingerprint density at radius 1 is 2.00 bits per heavy atom. The molecule has 0 aliphatic carbocycles. The van der Waals surface area contributed by atoms with Gasteiger partial charge >= 0.3 is 0 Å². The van der Waals surface area contributed by atoms with Crippen LogP contribution in [0.15, 0.2) is 12.7 Å². The van der Waals surface area contributed by atoms with Gasteiger partial charge < -0.3 is 5.73 Å². The molecule has 0 amide bonds. The first-order chi connectivity index (χ1) is 2.81. The Hall–Kier alpha value is -0.210. The first-order valence-corrected chi connectivity index (χ1v) is 1.98. The molecule has 2 N–H and O–H groups in total. The van der Waals surface area contributed by atoms with Gasteiger partial charge in [-0.25, -0.2) is 0 Å². The van der Waals surface area contributed by atoms with Gasteiger partial charge in [0.2, 0.25) is 0 Å². The van der Waals surface area contributed by atoms with Gasteiger partial charge in [-0.2, -0.15) is 0 Å². The van der Waals surface area contributed by atoms with E-state index in [1.807, 2.05) is 0 Å². The van der Waals surface area contributed by atoms with Gasteiger partial charge in [-0.3, -0.25) is 0 Å². The highest BCUT2D eigenvalue weighted by Gasteiger charge is 1.81. The summed E-state index contributed by atoms with van der Waals surface area (Å²) in [7, 11) is 0. The smallest absolute Gasteiger partial charge is 0.0593 e. The highest BCUT2D eigenvalue weighted by atomic mass is 32.1. The molecule has 0 heterocycles. The Morgan fingerprint density at radius 2 is 2.50 bits per heavy atom. The molecule has 0 bridgehead atoms. The molecule has 0 aromatic rings. The van der Waals surface area contributed by atoms with Crippen molar-refractivity contribution in [1.82, 2.24) is 0 Å². The third-order valence-electron chi connectivity index (χ3n) is 0.390. The summed E-state index contributed by atoms with van der Waals surface area (Å²) in [5, 5.41) is 2.36. The van der Waals surface area contributed by atoms with Crippen LogP contribution in [0.25, 0.3) is 0 Å². The first kappa shape index (κ1) is 5.79. The van der Waals surface area contributed by atoms with Gasteiger partial charge in [0.25, 0.3) is 0 Å². The molecule has 0 saturated carbocycles. The Kier molecular flexibility index (Phi) is 2.89. The van der Waals surface area contributed by atoms with Gasteiger partial charge in [0.1, 0.15) is 0 Å². The molecular formula is C4H6NS. The Bertz CT molecular complexity index is 52.6. The fourth-order valence-corrected chi connectivity index (χ4v) is 0.144. The van der Waals surface area contributed by atoms with Crippen LogP contribution in [0.3, 0.4) is 0 Å². The van der Waals surface area contributed by atoms with Crippen molar-refractivity contribution in [2.24, 2.45) is 5.73 Å². The molecule has 1 nitrogen and oxygen atoms in total. The average Bonchev–Trinajstić information content (AvgIpc) is 1.65. The van der Waals surface area contributed by atoms with Crippen LogP contribution in [0.4, 0.5) is 0 Å². The van der Waals surface area contributed by atoms with Crippen LogP contribution in [0.1, 0.15) is 0 Å². The van der Waals surface area contributed by atoms with Gasteiger partial charge in [-0.05, 0) is 0 Å². The highest BCUT2D eigenvalue weighted by molar-refractivity contribution is 7.79. The summed E-state index contributed by atoms with van der Waals surface area (Å²) in [6.07, 6.45) is 1.53. The summed E-state index contributed by atoms with van der Waals surface area (Å²) in [6.45, 7) is 3.38. The summed E-state index contributed by atoms with van der Waals surface area (Å²) in [5.41, 5.74) is 5.14. The minimum absolute atomic E-state index is 0.236. The largest absolute Gasteiger partial charge is 0.320 e. The first-order valence-electron chi connectivity index (χ1n) is 1.57. The summed E-state index contributed by atoms with van der Waals surface area (Å²) in [4.78, 5) is 0. The van der Waals surface area contributed by atoms with E-state index in [4.69, 9.17) is 5.73 Å². The molecule has 1 radical (unpaired) electrons. The number of rotatable bonds is 2.